The fourth-order valence-electron chi connectivity index (χ4n) is 2.17. The van der Waals surface area contributed by atoms with Gasteiger partial charge in [0.15, 0.2) is 5.82 Å². The molecule has 0 aliphatic carbocycles. The van der Waals surface area contributed by atoms with Crippen molar-refractivity contribution in [2.45, 2.75) is 52.1 Å². The van der Waals surface area contributed by atoms with Gasteiger partial charge in [-0.25, -0.2) is 9.67 Å². The highest BCUT2D eigenvalue weighted by atomic mass is 16.1. The number of hydrogen-bond donors (Lipinski definition) is 2. The van der Waals surface area contributed by atoms with Crippen LogP contribution >= 0.6 is 0 Å². The maximum absolute atomic E-state index is 11.9. The molecule has 0 spiro atoms. The van der Waals surface area contributed by atoms with Gasteiger partial charge in [0.25, 0.3) is 0 Å². The number of nitrogens with one attached hydrogen (secondary N) is 1. The van der Waals surface area contributed by atoms with Gasteiger partial charge < -0.3 is 11.1 Å². The lowest BCUT2D eigenvalue weighted by Crippen LogP contribution is -2.38. The van der Waals surface area contributed by atoms with Crippen molar-refractivity contribution in [1.82, 2.24) is 20.1 Å². The molecule has 6 heteroatoms. The molecule has 1 aromatic rings. The van der Waals surface area contributed by atoms with Crippen LogP contribution in [0.1, 0.15) is 57.2 Å². The predicted octanol–water partition coefficient (Wildman–Crippen LogP) is 0.947. The zero-order chi connectivity index (χ0) is 14.0. The number of nitrogens with two attached hydrogens (primary N) is 1. The van der Waals surface area contributed by atoms with Crippen molar-refractivity contribution in [1.29, 1.82) is 0 Å². The maximum atomic E-state index is 11.9. The largest absolute Gasteiger partial charge is 0.346 e. The Morgan fingerprint density at radius 1 is 1.53 bits per heavy atom. The third-order valence-electron chi connectivity index (χ3n) is 3.53. The first kappa shape index (κ1) is 14.0. The molecule has 2 rings (SSSR count). The Hall–Kier alpha value is -1.43. The van der Waals surface area contributed by atoms with Gasteiger partial charge in [-0.3, -0.25) is 4.79 Å². The molecule has 1 aliphatic rings. The van der Waals surface area contributed by atoms with Crippen molar-refractivity contribution in [2.75, 3.05) is 6.54 Å². The molecule has 0 saturated heterocycles. The van der Waals surface area contributed by atoms with E-state index in [1.807, 2.05) is 11.6 Å². The summed E-state index contributed by atoms with van der Waals surface area (Å²) in [7, 11) is 0. The van der Waals surface area contributed by atoms with Gasteiger partial charge >= 0.3 is 0 Å². The summed E-state index contributed by atoms with van der Waals surface area (Å²) < 4.78 is 1.93. The first-order valence-corrected chi connectivity index (χ1v) is 6.98. The van der Waals surface area contributed by atoms with Gasteiger partial charge in [0.1, 0.15) is 5.82 Å². The molecule has 0 bridgehead atoms. The van der Waals surface area contributed by atoms with Crippen LogP contribution in [0.25, 0.3) is 0 Å². The second-order valence-electron chi connectivity index (χ2n) is 5.55. The summed E-state index contributed by atoms with van der Waals surface area (Å²) in [5.41, 5.74) is 5.52. The van der Waals surface area contributed by atoms with E-state index in [0.29, 0.717) is 12.5 Å². The number of fused-ring (bicyclic) bond motifs is 1. The Bertz CT molecular complexity index is 454. The molecule has 0 aromatic carbocycles. The first-order chi connectivity index (χ1) is 9.02. The molecule has 0 fully saturated rings. The Balaban J connectivity index is 2.15. The maximum Gasteiger partial charge on any atom is 0.224 e. The van der Waals surface area contributed by atoms with Gasteiger partial charge in [-0.2, -0.15) is 5.10 Å². The molecular weight excluding hydrogens is 242 g/mol. The minimum Gasteiger partial charge on any atom is -0.346 e. The van der Waals surface area contributed by atoms with Crippen LogP contribution in [0, 0.1) is 5.92 Å². The zero-order valence-corrected chi connectivity index (χ0v) is 11.9. The summed E-state index contributed by atoms with van der Waals surface area (Å²) >= 11 is 0. The van der Waals surface area contributed by atoms with Crippen molar-refractivity contribution >= 4 is 5.91 Å². The van der Waals surface area contributed by atoms with E-state index in [1.54, 1.807) is 0 Å². The average Bonchev–Trinajstić information content (AvgIpc) is 2.83. The van der Waals surface area contributed by atoms with Gasteiger partial charge in [0.05, 0.1) is 6.04 Å². The highest BCUT2D eigenvalue weighted by Gasteiger charge is 2.27. The van der Waals surface area contributed by atoms with E-state index in [2.05, 4.69) is 29.2 Å². The summed E-state index contributed by atoms with van der Waals surface area (Å²) in [6, 6.07) is -0.0322. The van der Waals surface area contributed by atoms with E-state index in [9.17, 15) is 4.79 Å². The lowest BCUT2D eigenvalue weighted by Gasteiger charge is -2.24. The van der Waals surface area contributed by atoms with Crippen molar-refractivity contribution in [3.05, 3.63) is 11.6 Å². The fraction of sp³-hybridized carbons (Fsp3) is 0.769. The van der Waals surface area contributed by atoms with Gasteiger partial charge in [0, 0.05) is 24.9 Å². The first-order valence-electron chi connectivity index (χ1n) is 6.98. The van der Waals surface area contributed by atoms with Crippen LogP contribution in [0.2, 0.25) is 0 Å². The number of rotatable bonds is 4. The molecular formula is C13H23N5O. The number of carbonyl (C=O) groups excluding carboxylic acids is 1. The van der Waals surface area contributed by atoms with E-state index in [1.165, 1.54) is 0 Å². The number of nitrogens with zero attached hydrogens (tertiary/aromatic N) is 3. The van der Waals surface area contributed by atoms with E-state index in [-0.39, 0.29) is 17.9 Å². The van der Waals surface area contributed by atoms with Gasteiger partial charge in [0.2, 0.25) is 5.91 Å². The molecule has 2 heterocycles. The molecule has 106 valence electrons. The number of hydrogen-bond acceptors (Lipinski definition) is 4. The molecule has 1 aliphatic heterocycles. The normalized spacial score (nSPS) is 20.2. The molecule has 6 nitrogen and oxygen atoms in total. The Labute approximate surface area is 113 Å². The Kier molecular flexibility index (Phi) is 4.19. The van der Waals surface area contributed by atoms with Crippen LogP contribution in [0.4, 0.5) is 0 Å². The van der Waals surface area contributed by atoms with Crippen LogP contribution in [0.15, 0.2) is 0 Å². The molecule has 2 atom stereocenters. The summed E-state index contributed by atoms with van der Waals surface area (Å²) in [5, 5.41) is 7.54. The minimum atomic E-state index is -0.164. The van der Waals surface area contributed by atoms with Crippen molar-refractivity contribution in [3.63, 3.8) is 0 Å². The second kappa shape index (κ2) is 5.69. The fourth-order valence-corrected chi connectivity index (χ4v) is 2.17. The van der Waals surface area contributed by atoms with Crippen LogP contribution in [-0.2, 0) is 11.3 Å². The third-order valence-corrected chi connectivity index (χ3v) is 3.53. The summed E-state index contributed by atoms with van der Waals surface area (Å²) in [5.74, 6) is 1.87. The summed E-state index contributed by atoms with van der Waals surface area (Å²) in [6.45, 7) is 7.23. The minimum absolute atomic E-state index is 0.00459. The second-order valence-corrected chi connectivity index (χ2v) is 5.55. The Morgan fingerprint density at radius 3 is 2.89 bits per heavy atom. The topological polar surface area (TPSA) is 85.8 Å². The Morgan fingerprint density at radius 2 is 2.26 bits per heavy atom. The number of carbonyl (C=O) groups is 1. The van der Waals surface area contributed by atoms with Gasteiger partial charge in [-0.1, -0.05) is 20.8 Å². The van der Waals surface area contributed by atoms with Crippen LogP contribution in [0.3, 0.4) is 0 Å². The van der Waals surface area contributed by atoms with Gasteiger partial charge in [-0.05, 0) is 12.8 Å². The number of amides is 1. The SMILES string of the molecule is CC(CN)C(=O)NC1CCCn2nc(C(C)C)nc21. The lowest BCUT2D eigenvalue weighted by molar-refractivity contribution is -0.125. The molecule has 2 unspecified atom stereocenters. The van der Waals surface area contributed by atoms with E-state index in [0.717, 1.165) is 31.0 Å². The van der Waals surface area contributed by atoms with Crippen molar-refractivity contribution < 1.29 is 4.79 Å². The molecule has 1 amide bonds. The number of aryl methyl sites for hydroxylation is 1. The van der Waals surface area contributed by atoms with Crippen LogP contribution in [-0.4, -0.2) is 27.2 Å². The number of aromatic nitrogens is 3. The van der Waals surface area contributed by atoms with Gasteiger partial charge in [-0.15, -0.1) is 0 Å². The van der Waals surface area contributed by atoms with Crippen molar-refractivity contribution in [3.8, 4) is 0 Å². The quantitative estimate of drug-likeness (QED) is 0.848. The van der Waals surface area contributed by atoms with E-state index < -0.39 is 0 Å². The predicted molar refractivity (Wildman–Crippen MR) is 72.4 cm³/mol. The van der Waals surface area contributed by atoms with E-state index in [4.69, 9.17) is 5.73 Å². The lowest BCUT2D eigenvalue weighted by atomic mass is 10.1. The van der Waals surface area contributed by atoms with Crippen LogP contribution < -0.4 is 11.1 Å². The smallest absolute Gasteiger partial charge is 0.224 e. The molecule has 0 saturated carbocycles. The van der Waals surface area contributed by atoms with E-state index >= 15 is 0 Å². The highest BCUT2D eigenvalue weighted by molar-refractivity contribution is 5.78. The molecule has 0 radical (unpaired) electrons. The third kappa shape index (κ3) is 2.94. The average molecular weight is 265 g/mol. The summed E-state index contributed by atoms with van der Waals surface area (Å²) in [6.07, 6.45) is 1.93. The molecule has 3 N–H and O–H groups in total. The van der Waals surface area contributed by atoms with Crippen LogP contribution in [0.5, 0.6) is 0 Å². The molecule has 1 aromatic heterocycles. The summed E-state index contributed by atoms with van der Waals surface area (Å²) in [4.78, 5) is 16.5. The highest BCUT2D eigenvalue weighted by Crippen LogP contribution is 2.25. The molecule has 19 heavy (non-hydrogen) atoms. The standard InChI is InChI=1S/C13H23N5O/c1-8(2)11-16-12-10(5-4-6-18(12)17-11)15-13(19)9(3)7-14/h8-10H,4-7,14H2,1-3H3,(H,15,19). The monoisotopic (exact) mass is 265 g/mol. The zero-order valence-electron chi connectivity index (χ0n) is 11.9. The van der Waals surface area contributed by atoms with Crippen molar-refractivity contribution in [2.24, 2.45) is 11.7 Å².